The molecule has 29 heavy (non-hydrogen) atoms. The molecule has 154 valence electrons. The van der Waals surface area contributed by atoms with Gasteiger partial charge in [-0.05, 0) is 48.6 Å². The lowest BCUT2D eigenvalue weighted by Crippen LogP contribution is -2.47. The predicted octanol–water partition coefficient (Wildman–Crippen LogP) is 3.59. The van der Waals surface area contributed by atoms with Gasteiger partial charge in [-0.2, -0.15) is 0 Å². The van der Waals surface area contributed by atoms with E-state index in [1.807, 2.05) is 30.3 Å². The molecule has 0 radical (unpaired) electrons. The van der Waals surface area contributed by atoms with Crippen LogP contribution in [0.15, 0.2) is 54.6 Å². The maximum atomic E-state index is 13.0. The van der Waals surface area contributed by atoms with Gasteiger partial charge in [0.1, 0.15) is 0 Å². The third-order valence-corrected chi connectivity index (χ3v) is 6.02. The fourth-order valence-corrected chi connectivity index (χ4v) is 4.15. The lowest BCUT2D eigenvalue weighted by molar-refractivity contribution is -0.118. The summed E-state index contributed by atoms with van der Waals surface area (Å²) >= 11 is 0. The Kier molecular flexibility index (Phi) is 6.47. The van der Waals surface area contributed by atoms with Crippen molar-refractivity contribution in [3.63, 3.8) is 0 Å². The highest BCUT2D eigenvalue weighted by atomic mass is 16.5. The van der Waals surface area contributed by atoms with E-state index in [1.165, 1.54) is 5.69 Å². The largest absolute Gasteiger partial charge is 0.383 e. The third-order valence-electron chi connectivity index (χ3n) is 6.02. The summed E-state index contributed by atoms with van der Waals surface area (Å²) in [6, 6.07) is 18.5. The van der Waals surface area contributed by atoms with Crippen molar-refractivity contribution in [1.82, 2.24) is 4.90 Å². The molecule has 0 spiro atoms. The number of nitrogens with one attached hydrogen (secondary N) is 1. The van der Waals surface area contributed by atoms with Gasteiger partial charge >= 0.3 is 0 Å². The number of benzene rings is 2. The van der Waals surface area contributed by atoms with Gasteiger partial charge in [0, 0.05) is 51.2 Å². The van der Waals surface area contributed by atoms with Crippen LogP contribution in [0.4, 0.5) is 11.4 Å². The molecule has 1 heterocycles. The zero-order chi connectivity index (χ0) is 20.1. The quantitative estimate of drug-likeness (QED) is 0.745. The Hall–Kier alpha value is -2.37. The topological polar surface area (TPSA) is 44.8 Å². The molecule has 1 amide bonds. The van der Waals surface area contributed by atoms with Crippen LogP contribution < -0.4 is 10.2 Å². The minimum atomic E-state index is -0.0453. The second-order valence-electron chi connectivity index (χ2n) is 8.08. The lowest BCUT2D eigenvalue weighted by atomic mass is 9.93. The molecular formula is C24H31N3O2. The minimum absolute atomic E-state index is 0.0453. The first-order valence-corrected chi connectivity index (χ1v) is 10.7. The van der Waals surface area contributed by atoms with Crippen molar-refractivity contribution in [2.45, 2.75) is 18.8 Å². The standard InChI is InChI=1S/C24H31N3O2/c1-29-18-17-26-13-15-27(16-14-26)22-11-9-21(10-12-22)25-24(28)23(20-7-8-20)19-5-3-2-4-6-19/h2-6,9-12,20,23H,7-8,13-18H2,1H3,(H,25,28). The van der Waals surface area contributed by atoms with Crippen LogP contribution in [0, 0.1) is 5.92 Å². The summed E-state index contributed by atoms with van der Waals surface area (Å²) in [4.78, 5) is 17.8. The average Bonchev–Trinajstić information content (AvgIpc) is 3.59. The van der Waals surface area contributed by atoms with Gasteiger partial charge in [0.15, 0.2) is 0 Å². The fraction of sp³-hybridized carbons (Fsp3) is 0.458. The number of piperazine rings is 1. The number of methoxy groups -OCH3 is 1. The van der Waals surface area contributed by atoms with Gasteiger partial charge in [0.25, 0.3) is 0 Å². The Balaban J connectivity index is 1.34. The molecular weight excluding hydrogens is 362 g/mol. The molecule has 5 heteroatoms. The first kappa shape index (κ1) is 19.9. The van der Waals surface area contributed by atoms with Gasteiger partial charge in [-0.3, -0.25) is 9.69 Å². The number of hydrogen-bond acceptors (Lipinski definition) is 4. The molecule has 2 fully saturated rings. The molecule has 2 aliphatic rings. The summed E-state index contributed by atoms with van der Waals surface area (Å²) in [5.41, 5.74) is 3.21. The van der Waals surface area contributed by atoms with Crippen molar-refractivity contribution in [1.29, 1.82) is 0 Å². The molecule has 0 aromatic heterocycles. The molecule has 1 atom stereocenters. The number of carbonyl (C=O) groups is 1. The first-order valence-electron chi connectivity index (χ1n) is 10.7. The smallest absolute Gasteiger partial charge is 0.232 e. The number of carbonyl (C=O) groups excluding carboxylic acids is 1. The van der Waals surface area contributed by atoms with Crippen LogP contribution >= 0.6 is 0 Å². The fourth-order valence-electron chi connectivity index (χ4n) is 4.15. The molecule has 1 unspecified atom stereocenters. The molecule has 0 bridgehead atoms. The Labute approximate surface area is 173 Å². The molecule has 4 rings (SSSR count). The van der Waals surface area contributed by atoms with Crippen molar-refractivity contribution in [3.05, 3.63) is 60.2 Å². The number of rotatable bonds is 8. The van der Waals surface area contributed by atoms with Crippen LogP contribution in [-0.4, -0.2) is 57.2 Å². The minimum Gasteiger partial charge on any atom is -0.383 e. The van der Waals surface area contributed by atoms with E-state index in [0.717, 1.165) is 63.4 Å². The van der Waals surface area contributed by atoms with Crippen LogP contribution in [0.2, 0.25) is 0 Å². The number of hydrogen-bond donors (Lipinski definition) is 1. The molecule has 2 aromatic rings. The summed E-state index contributed by atoms with van der Waals surface area (Å²) in [7, 11) is 1.75. The van der Waals surface area contributed by atoms with Crippen LogP contribution in [0.1, 0.15) is 24.3 Å². The number of nitrogens with zero attached hydrogens (tertiary/aromatic N) is 2. The van der Waals surface area contributed by atoms with E-state index in [4.69, 9.17) is 4.74 Å². The zero-order valence-corrected chi connectivity index (χ0v) is 17.2. The van der Waals surface area contributed by atoms with Gasteiger partial charge < -0.3 is 15.0 Å². The third kappa shape index (κ3) is 5.17. The Morgan fingerprint density at radius 1 is 1.03 bits per heavy atom. The van der Waals surface area contributed by atoms with E-state index in [1.54, 1.807) is 7.11 Å². The van der Waals surface area contributed by atoms with Gasteiger partial charge in [-0.1, -0.05) is 30.3 Å². The summed E-state index contributed by atoms with van der Waals surface area (Å²) in [5, 5.41) is 3.14. The number of ether oxygens (including phenoxy) is 1. The van der Waals surface area contributed by atoms with Crippen molar-refractivity contribution < 1.29 is 9.53 Å². The maximum absolute atomic E-state index is 13.0. The van der Waals surface area contributed by atoms with Crippen LogP contribution in [0.3, 0.4) is 0 Å². The highest BCUT2D eigenvalue weighted by molar-refractivity contribution is 5.96. The van der Waals surface area contributed by atoms with Gasteiger partial charge in [-0.15, -0.1) is 0 Å². The number of anilines is 2. The molecule has 1 N–H and O–H groups in total. The maximum Gasteiger partial charge on any atom is 0.232 e. The number of amides is 1. The molecule has 1 saturated heterocycles. The van der Waals surface area contributed by atoms with Crippen molar-refractivity contribution in [2.24, 2.45) is 5.92 Å². The van der Waals surface area contributed by atoms with Crippen LogP contribution in [0.5, 0.6) is 0 Å². The van der Waals surface area contributed by atoms with E-state index in [-0.39, 0.29) is 11.8 Å². The average molecular weight is 394 g/mol. The SMILES string of the molecule is COCCN1CCN(c2ccc(NC(=O)C(c3ccccc3)C3CC3)cc2)CC1. The van der Waals surface area contributed by atoms with Crippen molar-refractivity contribution in [3.8, 4) is 0 Å². The second-order valence-corrected chi connectivity index (χ2v) is 8.08. The Morgan fingerprint density at radius 2 is 1.72 bits per heavy atom. The molecule has 2 aromatic carbocycles. The highest BCUT2D eigenvalue weighted by Crippen LogP contribution is 2.43. The molecule has 1 aliphatic heterocycles. The second kappa shape index (κ2) is 9.42. The van der Waals surface area contributed by atoms with E-state index in [9.17, 15) is 4.79 Å². The summed E-state index contributed by atoms with van der Waals surface area (Å²) < 4.78 is 5.17. The van der Waals surface area contributed by atoms with Gasteiger partial charge in [-0.25, -0.2) is 0 Å². The van der Waals surface area contributed by atoms with Crippen LogP contribution in [-0.2, 0) is 9.53 Å². The summed E-state index contributed by atoms with van der Waals surface area (Å²) in [6.45, 7) is 5.95. The molecule has 1 saturated carbocycles. The summed E-state index contributed by atoms with van der Waals surface area (Å²) in [6.07, 6.45) is 2.28. The van der Waals surface area contributed by atoms with Gasteiger partial charge in [0.2, 0.25) is 5.91 Å². The Bertz CT molecular complexity index is 782. The zero-order valence-electron chi connectivity index (χ0n) is 17.2. The molecule has 1 aliphatic carbocycles. The van der Waals surface area contributed by atoms with Crippen LogP contribution in [0.25, 0.3) is 0 Å². The van der Waals surface area contributed by atoms with Gasteiger partial charge in [0.05, 0.1) is 12.5 Å². The lowest BCUT2D eigenvalue weighted by Gasteiger charge is -2.36. The first-order chi connectivity index (χ1) is 14.2. The van der Waals surface area contributed by atoms with Crippen molar-refractivity contribution in [2.75, 3.05) is 56.7 Å². The summed E-state index contributed by atoms with van der Waals surface area (Å²) in [5.74, 6) is 0.542. The Morgan fingerprint density at radius 3 is 2.34 bits per heavy atom. The van der Waals surface area contributed by atoms with E-state index < -0.39 is 0 Å². The predicted molar refractivity (Wildman–Crippen MR) is 118 cm³/mol. The monoisotopic (exact) mass is 393 g/mol. The van der Waals surface area contributed by atoms with E-state index in [2.05, 4.69) is 39.4 Å². The highest BCUT2D eigenvalue weighted by Gasteiger charge is 2.37. The van der Waals surface area contributed by atoms with E-state index in [0.29, 0.717) is 5.92 Å². The van der Waals surface area contributed by atoms with Crippen molar-refractivity contribution >= 4 is 17.3 Å². The normalized spacial score (nSPS) is 18.4. The molecule has 5 nitrogen and oxygen atoms in total. The van der Waals surface area contributed by atoms with E-state index >= 15 is 0 Å².